The van der Waals surface area contributed by atoms with Crippen LogP contribution in [0.1, 0.15) is 18.4 Å². The predicted octanol–water partition coefficient (Wildman–Crippen LogP) is 4.14. The van der Waals surface area contributed by atoms with Crippen molar-refractivity contribution in [3.8, 4) is 5.75 Å². The molecule has 0 radical (unpaired) electrons. The van der Waals surface area contributed by atoms with Gasteiger partial charge in [0.25, 0.3) is 0 Å². The summed E-state index contributed by atoms with van der Waals surface area (Å²) in [7, 11) is -1.19. The van der Waals surface area contributed by atoms with Crippen LogP contribution in [0.3, 0.4) is 0 Å². The third kappa shape index (κ3) is 4.99. The lowest BCUT2D eigenvalue weighted by atomic mass is 10.0. The van der Waals surface area contributed by atoms with Crippen molar-refractivity contribution in [2.24, 2.45) is 0 Å². The number of hydrogen-bond donors (Lipinski definition) is 1. The van der Waals surface area contributed by atoms with E-state index in [0.29, 0.717) is 16.6 Å². The summed E-state index contributed by atoms with van der Waals surface area (Å²) >= 11 is 3.25. The van der Waals surface area contributed by atoms with Gasteiger partial charge in [0, 0.05) is 13.6 Å². The molecule has 0 heterocycles. The van der Waals surface area contributed by atoms with E-state index in [-0.39, 0.29) is 11.7 Å². The molecule has 0 saturated carbocycles. The summed E-state index contributed by atoms with van der Waals surface area (Å²) in [6.07, 6.45) is 0. The van der Waals surface area contributed by atoms with E-state index in [2.05, 4.69) is 35.6 Å². The summed E-state index contributed by atoms with van der Waals surface area (Å²) < 4.78 is 5.89. The minimum atomic E-state index is -1.19. The van der Waals surface area contributed by atoms with E-state index in [1.165, 1.54) is 0 Å². The number of para-hydroxylation sites is 1. The number of phenolic OH excluding ortho intramolecular Hbond substituents is 1. The first-order valence-corrected chi connectivity index (χ1v) is 10.9. The Bertz CT molecular complexity index is 454. The van der Waals surface area contributed by atoms with Gasteiger partial charge in [-0.3, -0.25) is 4.79 Å². The van der Waals surface area contributed by atoms with Crippen LogP contribution in [0.5, 0.6) is 5.75 Å². The number of phenols is 1. The second-order valence-corrected chi connectivity index (χ2v) is 12.4. The van der Waals surface area contributed by atoms with Gasteiger partial charge in [0.2, 0.25) is 0 Å². The van der Waals surface area contributed by atoms with Crippen molar-refractivity contribution in [2.75, 3.05) is 6.61 Å². The van der Waals surface area contributed by atoms with Crippen molar-refractivity contribution < 1.29 is 14.6 Å². The Kier molecular flexibility index (Phi) is 5.61. The fourth-order valence-electron chi connectivity index (χ4n) is 1.59. The third-order valence-corrected chi connectivity index (χ3v) is 5.28. The summed E-state index contributed by atoms with van der Waals surface area (Å²) in [5, 5.41) is 9.92. The smallest absolute Gasteiger partial charge is 0.313 e. The average Bonchev–Trinajstić information content (AvgIpc) is 2.30. The first-order valence-electron chi connectivity index (χ1n) is 6.36. The number of esters is 1. The van der Waals surface area contributed by atoms with Gasteiger partial charge in [-0.2, -0.15) is 0 Å². The number of rotatable bonds is 5. The van der Waals surface area contributed by atoms with Crippen LogP contribution in [0.2, 0.25) is 25.7 Å². The van der Waals surface area contributed by atoms with Crippen LogP contribution < -0.4 is 0 Å². The van der Waals surface area contributed by atoms with Gasteiger partial charge in [0.1, 0.15) is 5.75 Å². The molecule has 106 valence electrons. The van der Waals surface area contributed by atoms with E-state index in [4.69, 9.17) is 4.74 Å². The number of benzene rings is 1. The zero-order valence-electron chi connectivity index (χ0n) is 11.9. The van der Waals surface area contributed by atoms with Crippen LogP contribution in [0.15, 0.2) is 22.7 Å². The molecular formula is C14H21BrO3Si. The Morgan fingerprint density at radius 3 is 2.63 bits per heavy atom. The van der Waals surface area contributed by atoms with Crippen LogP contribution in [0, 0.1) is 0 Å². The summed E-state index contributed by atoms with van der Waals surface area (Å²) in [6, 6.07) is 6.23. The lowest BCUT2D eigenvalue weighted by Crippen LogP contribution is -2.23. The highest BCUT2D eigenvalue weighted by atomic mass is 79.9. The normalized spacial score (nSPS) is 13.1. The van der Waals surface area contributed by atoms with E-state index in [1.807, 2.05) is 0 Å². The summed E-state index contributed by atoms with van der Waals surface area (Å²) in [6.45, 7) is 8.94. The molecule has 0 aliphatic carbocycles. The van der Waals surface area contributed by atoms with Gasteiger partial charge >= 0.3 is 5.97 Å². The molecule has 1 aromatic carbocycles. The van der Waals surface area contributed by atoms with Crippen molar-refractivity contribution in [1.29, 1.82) is 0 Å². The monoisotopic (exact) mass is 344 g/mol. The van der Waals surface area contributed by atoms with Gasteiger partial charge < -0.3 is 9.84 Å². The highest BCUT2D eigenvalue weighted by Crippen LogP contribution is 2.33. The average molecular weight is 345 g/mol. The number of carbonyl (C=O) groups excluding carboxylic acids is 1. The predicted molar refractivity (Wildman–Crippen MR) is 83.3 cm³/mol. The zero-order valence-corrected chi connectivity index (χ0v) is 14.5. The van der Waals surface area contributed by atoms with Crippen LogP contribution in [-0.2, 0) is 9.53 Å². The Morgan fingerprint density at radius 1 is 1.42 bits per heavy atom. The van der Waals surface area contributed by atoms with E-state index in [0.717, 1.165) is 6.04 Å². The maximum atomic E-state index is 12.0. The first kappa shape index (κ1) is 16.2. The molecule has 0 spiro atoms. The van der Waals surface area contributed by atoms with Gasteiger partial charge in [0.15, 0.2) is 0 Å². The molecule has 0 amide bonds. The molecule has 1 aromatic rings. The van der Waals surface area contributed by atoms with Crippen LogP contribution in [-0.4, -0.2) is 25.8 Å². The molecule has 19 heavy (non-hydrogen) atoms. The molecule has 0 bridgehead atoms. The van der Waals surface area contributed by atoms with Gasteiger partial charge in [-0.05, 0) is 35.0 Å². The molecule has 0 fully saturated rings. The highest BCUT2D eigenvalue weighted by molar-refractivity contribution is 9.10. The summed E-state index contributed by atoms with van der Waals surface area (Å²) in [5.74, 6) is -0.636. The van der Waals surface area contributed by atoms with E-state index < -0.39 is 14.0 Å². The van der Waals surface area contributed by atoms with Gasteiger partial charge in [0.05, 0.1) is 17.0 Å². The zero-order chi connectivity index (χ0) is 14.6. The Morgan fingerprint density at radius 2 is 2.05 bits per heavy atom. The van der Waals surface area contributed by atoms with Crippen LogP contribution in [0.4, 0.5) is 0 Å². The SMILES string of the molecule is CC(C(=O)OCC[Si](C)(C)C)c1cccc(Br)c1O. The molecule has 1 N–H and O–H groups in total. The number of aromatic hydroxyl groups is 1. The second kappa shape index (κ2) is 6.57. The number of ether oxygens (including phenoxy) is 1. The van der Waals surface area contributed by atoms with Crippen molar-refractivity contribution in [2.45, 2.75) is 38.5 Å². The van der Waals surface area contributed by atoms with Crippen molar-refractivity contribution in [1.82, 2.24) is 0 Å². The molecule has 0 aliphatic heterocycles. The van der Waals surface area contributed by atoms with E-state index in [1.54, 1.807) is 25.1 Å². The largest absolute Gasteiger partial charge is 0.506 e. The maximum Gasteiger partial charge on any atom is 0.313 e. The Hall–Kier alpha value is -0.813. The first-order chi connectivity index (χ1) is 8.72. The maximum absolute atomic E-state index is 12.0. The minimum absolute atomic E-state index is 0.108. The number of carbonyl (C=O) groups is 1. The lowest BCUT2D eigenvalue weighted by Gasteiger charge is -2.17. The standard InChI is InChI=1S/C14H21BrO3Si/c1-10(11-6-5-7-12(15)13(11)16)14(17)18-8-9-19(2,3)4/h5-7,10,16H,8-9H2,1-4H3. The molecule has 5 heteroatoms. The molecule has 1 rings (SSSR count). The van der Waals surface area contributed by atoms with Crippen molar-refractivity contribution >= 4 is 30.0 Å². The molecule has 0 aliphatic rings. The minimum Gasteiger partial charge on any atom is -0.506 e. The Balaban J connectivity index is 2.65. The van der Waals surface area contributed by atoms with E-state index >= 15 is 0 Å². The van der Waals surface area contributed by atoms with Gasteiger partial charge in [-0.1, -0.05) is 31.8 Å². The van der Waals surface area contributed by atoms with Gasteiger partial charge in [-0.15, -0.1) is 0 Å². The Labute approximate surface area is 124 Å². The second-order valence-electron chi connectivity index (χ2n) is 5.88. The number of halogens is 1. The van der Waals surface area contributed by atoms with E-state index in [9.17, 15) is 9.90 Å². The fourth-order valence-corrected chi connectivity index (χ4v) is 2.69. The molecule has 3 nitrogen and oxygen atoms in total. The van der Waals surface area contributed by atoms with Crippen LogP contribution >= 0.6 is 15.9 Å². The number of hydrogen-bond acceptors (Lipinski definition) is 3. The lowest BCUT2D eigenvalue weighted by molar-refractivity contribution is -0.144. The quantitative estimate of drug-likeness (QED) is 0.644. The van der Waals surface area contributed by atoms with Crippen molar-refractivity contribution in [3.63, 3.8) is 0 Å². The fraction of sp³-hybridized carbons (Fsp3) is 0.500. The summed E-state index contributed by atoms with van der Waals surface area (Å²) in [5.41, 5.74) is 0.590. The molecular weight excluding hydrogens is 324 g/mol. The molecule has 0 aromatic heterocycles. The van der Waals surface area contributed by atoms with Gasteiger partial charge in [-0.25, -0.2) is 0 Å². The van der Waals surface area contributed by atoms with Crippen LogP contribution in [0.25, 0.3) is 0 Å². The van der Waals surface area contributed by atoms with Crippen molar-refractivity contribution in [3.05, 3.63) is 28.2 Å². The highest BCUT2D eigenvalue weighted by Gasteiger charge is 2.22. The molecule has 1 atom stereocenters. The molecule has 1 unspecified atom stereocenters. The third-order valence-electron chi connectivity index (χ3n) is 2.93. The molecule has 0 saturated heterocycles. The summed E-state index contributed by atoms with van der Waals surface area (Å²) in [4.78, 5) is 12.0. The topological polar surface area (TPSA) is 46.5 Å².